The first-order valence-corrected chi connectivity index (χ1v) is 6.68. The van der Waals surface area contributed by atoms with E-state index in [1.165, 1.54) is 0 Å². The van der Waals surface area contributed by atoms with Crippen LogP contribution in [0, 0.1) is 0 Å². The number of halogens is 6. The molecule has 0 aromatic heterocycles. The zero-order valence-corrected chi connectivity index (χ0v) is 11.4. The summed E-state index contributed by atoms with van der Waals surface area (Å²) in [5.74, 6) is 0. The summed E-state index contributed by atoms with van der Waals surface area (Å²) in [5.41, 5.74) is 0. The Hall–Kier alpha value is -1.04. The second-order valence-corrected chi connectivity index (χ2v) is 5.68. The predicted octanol–water partition coefficient (Wildman–Crippen LogP) is 4.34. The van der Waals surface area contributed by atoms with Crippen molar-refractivity contribution in [1.29, 1.82) is 0 Å². The Labute approximate surface area is 102 Å². The van der Waals surface area contributed by atoms with Gasteiger partial charge in [0, 0.05) is 20.2 Å². The van der Waals surface area contributed by atoms with Crippen LogP contribution in [0.4, 0.5) is 25.2 Å². The molecule has 0 fully saturated rings. The van der Waals surface area contributed by atoms with E-state index in [0.29, 0.717) is 0 Å². The third-order valence-corrected chi connectivity index (χ3v) is 0.991. The van der Waals surface area contributed by atoms with Crippen molar-refractivity contribution in [2.75, 3.05) is 28.2 Å². The van der Waals surface area contributed by atoms with Crippen molar-refractivity contribution >= 4 is 14.0 Å². The summed E-state index contributed by atoms with van der Waals surface area (Å²) in [6.07, 6.45) is 10.0. The van der Waals surface area contributed by atoms with Gasteiger partial charge in [-0.05, 0) is 12.3 Å². The summed E-state index contributed by atoms with van der Waals surface area (Å²) in [6.45, 7) is 0. The van der Waals surface area contributed by atoms with Crippen LogP contribution in [0.2, 0.25) is 0 Å². The second kappa shape index (κ2) is 5.73. The van der Waals surface area contributed by atoms with E-state index in [0.717, 1.165) is 0 Å². The van der Waals surface area contributed by atoms with Gasteiger partial charge >= 0.3 is 33.0 Å². The molecular weight excluding hydrogens is 281 g/mol. The third-order valence-electron chi connectivity index (χ3n) is 0.991. The molecular formula is C9H17F6N2P. The standard InChI is InChI=1S/C9H17N2.F6P/c1-10(2)8-6-5-7-9-11(3)4;1-7(2,3,4,5)6/h5-9H,1-4H3;/q+1;-1. The van der Waals surface area contributed by atoms with E-state index in [4.69, 9.17) is 0 Å². The van der Waals surface area contributed by atoms with Crippen molar-refractivity contribution in [3.8, 4) is 0 Å². The molecule has 0 aliphatic carbocycles. The minimum absolute atomic E-state index is 2.00. The summed E-state index contributed by atoms with van der Waals surface area (Å²) in [5, 5.41) is 0. The third kappa shape index (κ3) is 60.2. The van der Waals surface area contributed by atoms with Crippen LogP contribution in [0.5, 0.6) is 0 Å². The van der Waals surface area contributed by atoms with Crippen LogP contribution in [0.15, 0.2) is 24.4 Å². The molecule has 0 N–H and O–H groups in total. The average molecular weight is 298 g/mol. The predicted molar refractivity (Wildman–Crippen MR) is 63.7 cm³/mol. The summed E-state index contributed by atoms with van der Waals surface area (Å²) < 4.78 is 61.2. The van der Waals surface area contributed by atoms with Crippen molar-refractivity contribution in [2.24, 2.45) is 0 Å². The van der Waals surface area contributed by atoms with Crippen LogP contribution in [0.3, 0.4) is 0 Å². The van der Waals surface area contributed by atoms with Gasteiger partial charge in [-0.25, -0.2) is 4.58 Å². The molecule has 0 spiro atoms. The summed E-state index contributed by atoms with van der Waals surface area (Å²) in [6, 6.07) is 0. The number of hydrogen-bond donors (Lipinski definition) is 0. The molecule has 0 rings (SSSR count). The van der Waals surface area contributed by atoms with E-state index in [-0.39, 0.29) is 0 Å². The van der Waals surface area contributed by atoms with Gasteiger partial charge in [-0.15, -0.1) is 0 Å². The molecule has 0 aliphatic heterocycles. The fourth-order valence-electron chi connectivity index (χ4n) is 0.508. The normalized spacial score (nSPS) is 15.7. The number of nitrogens with zero attached hydrogens (tertiary/aromatic N) is 2. The molecule has 0 atom stereocenters. The van der Waals surface area contributed by atoms with Crippen LogP contribution in [-0.2, 0) is 0 Å². The van der Waals surface area contributed by atoms with E-state index in [1.54, 1.807) is 0 Å². The van der Waals surface area contributed by atoms with Crippen LogP contribution in [0.1, 0.15) is 0 Å². The van der Waals surface area contributed by atoms with Crippen molar-refractivity contribution in [1.82, 2.24) is 4.90 Å². The summed E-state index contributed by atoms with van der Waals surface area (Å²) in [7, 11) is -2.66. The van der Waals surface area contributed by atoms with E-state index < -0.39 is 7.81 Å². The minimum atomic E-state index is -10.7. The first-order chi connectivity index (χ1) is 7.58. The van der Waals surface area contributed by atoms with Crippen LogP contribution < -0.4 is 0 Å². The van der Waals surface area contributed by atoms with E-state index in [1.807, 2.05) is 68.3 Å². The number of hydrogen-bond acceptors (Lipinski definition) is 1. The molecule has 0 heterocycles. The van der Waals surface area contributed by atoms with Gasteiger partial charge in [-0.2, -0.15) is 0 Å². The quantitative estimate of drug-likeness (QED) is 0.247. The summed E-state index contributed by atoms with van der Waals surface area (Å²) >= 11 is 0. The second-order valence-electron chi connectivity index (χ2n) is 3.76. The molecule has 0 radical (unpaired) electrons. The van der Waals surface area contributed by atoms with Crippen molar-refractivity contribution in [3.63, 3.8) is 0 Å². The molecule has 9 heteroatoms. The number of rotatable bonds is 3. The summed E-state index contributed by atoms with van der Waals surface area (Å²) in [4.78, 5) is 2.00. The molecule has 18 heavy (non-hydrogen) atoms. The molecule has 0 aromatic carbocycles. The SMILES string of the molecule is CN(C)/C=C/C=C/C=[N+](C)C.F[P-](F)(F)(F)(F)F. The zero-order valence-electron chi connectivity index (χ0n) is 10.5. The molecule has 0 aromatic rings. The van der Waals surface area contributed by atoms with Gasteiger partial charge in [0.05, 0.1) is 0 Å². The maximum absolute atomic E-state index is 10.7. The topological polar surface area (TPSA) is 6.25 Å². The molecule has 2 nitrogen and oxygen atoms in total. The Morgan fingerprint density at radius 3 is 1.50 bits per heavy atom. The molecule has 0 saturated carbocycles. The van der Waals surface area contributed by atoms with E-state index in [9.17, 15) is 25.2 Å². The maximum atomic E-state index is 9.87. The van der Waals surface area contributed by atoms with Gasteiger partial charge in [0.15, 0.2) is 6.21 Å². The molecule has 0 aliphatic rings. The van der Waals surface area contributed by atoms with E-state index >= 15 is 0 Å². The van der Waals surface area contributed by atoms with Gasteiger partial charge in [0.2, 0.25) is 0 Å². The fourth-order valence-corrected chi connectivity index (χ4v) is 0.508. The van der Waals surface area contributed by atoms with Crippen LogP contribution in [-0.4, -0.2) is 43.9 Å². The number of allylic oxidation sites excluding steroid dienone is 3. The van der Waals surface area contributed by atoms with E-state index in [2.05, 4.69) is 0 Å². The van der Waals surface area contributed by atoms with Gasteiger partial charge < -0.3 is 4.90 Å². The average Bonchev–Trinajstić information content (AvgIpc) is 1.96. The van der Waals surface area contributed by atoms with Crippen LogP contribution in [0.25, 0.3) is 0 Å². The van der Waals surface area contributed by atoms with Crippen molar-refractivity contribution < 1.29 is 29.8 Å². The first-order valence-electron chi connectivity index (χ1n) is 4.65. The van der Waals surface area contributed by atoms with Crippen molar-refractivity contribution in [3.05, 3.63) is 24.4 Å². The monoisotopic (exact) mass is 298 g/mol. The van der Waals surface area contributed by atoms with Gasteiger partial charge in [0.1, 0.15) is 14.1 Å². The molecule has 0 amide bonds. The Bertz CT molecular complexity index is 323. The Kier molecular flexibility index (Phi) is 6.15. The molecule has 0 unspecified atom stereocenters. The first kappa shape index (κ1) is 19.3. The van der Waals surface area contributed by atoms with Gasteiger partial charge in [-0.1, -0.05) is 6.08 Å². The Morgan fingerprint density at radius 1 is 0.833 bits per heavy atom. The Morgan fingerprint density at radius 2 is 1.22 bits per heavy atom. The molecule has 0 saturated heterocycles. The fraction of sp³-hybridized carbons (Fsp3) is 0.444. The van der Waals surface area contributed by atoms with Crippen LogP contribution >= 0.6 is 7.81 Å². The molecule has 110 valence electrons. The van der Waals surface area contributed by atoms with Crippen molar-refractivity contribution in [2.45, 2.75) is 0 Å². The Balaban J connectivity index is 0. The zero-order chi connectivity index (χ0) is 15.1. The van der Waals surface area contributed by atoms with Gasteiger partial charge in [-0.3, -0.25) is 0 Å². The molecule has 0 bridgehead atoms. The van der Waals surface area contributed by atoms with Gasteiger partial charge in [0.25, 0.3) is 0 Å².